The van der Waals surface area contributed by atoms with E-state index in [1.54, 1.807) is 0 Å². The van der Waals surface area contributed by atoms with Gasteiger partial charge in [-0.05, 0) is 18.4 Å². The van der Waals surface area contributed by atoms with Gasteiger partial charge in [-0.2, -0.15) is 0 Å². The third-order valence-electron chi connectivity index (χ3n) is 2.83. The van der Waals surface area contributed by atoms with Gasteiger partial charge < -0.3 is 16.2 Å². The molecule has 4 heteroatoms. The molecule has 18 heavy (non-hydrogen) atoms. The van der Waals surface area contributed by atoms with Crippen molar-refractivity contribution in [2.45, 2.75) is 38.3 Å². The third-order valence-corrected chi connectivity index (χ3v) is 2.83. The molecule has 0 bridgehead atoms. The monoisotopic (exact) mass is 250 g/mol. The van der Waals surface area contributed by atoms with Crippen LogP contribution in [-0.4, -0.2) is 29.7 Å². The lowest BCUT2D eigenvalue weighted by Crippen LogP contribution is -2.47. The first-order chi connectivity index (χ1) is 8.67. The number of aliphatic hydroxyl groups is 1. The van der Waals surface area contributed by atoms with Crippen molar-refractivity contribution in [1.29, 1.82) is 0 Å². The molecule has 2 atom stereocenters. The van der Waals surface area contributed by atoms with E-state index in [2.05, 4.69) is 5.32 Å². The molecule has 0 radical (unpaired) electrons. The maximum Gasteiger partial charge on any atom is 0.237 e. The zero-order chi connectivity index (χ0) is 13.4. The Morgan fingerprint density at radius 2 is 2.06 bits per heavy atom. The molecule has 4 N–H and O–H groups in total. The Morgan fingerprint density at radius 1 is 1.39 bits per heavy atom. The second-order valence-corrected chi connectivity index (χ2v) is 4.47. The van der Waals surface area contributed by atoms with E-state index in [0.29, 0.717) is 12.8 Å². The molecule has 0 spiro atoms. The van der Waals surface area contributed by atoms with Gasteiger partial charge in [0.1, 0.15) is 0 Å². The number of rotatable bonds is 7. The summed E-state index contributed by atoms with van der Waals surface area (Å²) in [4.78, 5) is 11.7. The molecule has 0 fully saturated rings. The largest absolute Gasteiger partial charge is 0.394 e. The number of carbonyl (C=O) groups excluding carboxylic acids is 1. The molecule has 0 heterocycles. The van der Waals surface area contributed by atoms with Crippen LogP contribution in [0.1, 0.15) is 25.3 Å². The fourth-order valence-electron chi connectivity index (χ4n) is 1.81. The molecular weight excluding hydrogens is 228 g/mol. The van der Waals surface area contributed by atoms with Gasteiger partial charge >= 0.3 is 0 Å². The first kappa shape index (κ1) is 14.7. The van der Waals surface area contributed by atoms with Gasteiger partial charge in [-0.25, -0.2) is 0 Å². The van der Waals surface area contributed by atoms with Crippen molar-refractivity contribution in [2.75, 3.05) is 6.61 Å². The standard InChI is InChI=1S/C14H22N2O2/c1-2-6-13(15)14(18)16-12(10-17)9-11-7-4-3-5-8-11/h3-5,7-8,12-13,17H,2,6,9-10,15H2,1H3,(H,16,18). The van der Waals surface area contributed by atoms with Crippen molar-refractivity contribution in [3.63, 3.8) is 0 Å². The topological polar surface area (TPSA) is 75.4 Å². The van der Waals surface area contributed by atoms with Crippen LogP contribution in [0, 0.1) is 0 Å². The summed E-state index contributed by atoms with van der Waals surface area (Å²) in [7, 11) is 0. The van der Waals surface area contributed by atoms with E-state index in [4.69, 9.17) is 5.73 Å². The van der Waals surface area contributed by atoms with Gasteiger partial charge in [0, 0.05) is 0 Å². The Bertz CT molecular complexity index is 354. The molecule has 0 saturated carbocycles. The highest BCUT2D eigenvalue weighted by molar-refractivity contribution is 5.81. The van der Waals surface area contributed by atoms with Crippen LogP contribution in [0.15, 0.2) is 30.3 Å². The molecule has 0 aliphatic rings. The fourth-order valence-corrected chi connectivity index (χ4v) is 1.81. The Balaban J connectivity index is 2.49. The SMILES string of the molecule is CCCC(N)C(=O)NC(CO)Cc1ccccc1. The lowest BCUT2D eigenvalue weighted by molar-refractivity contribution is -0.123. The first-order valence-electron chi connectivity index (χ1n) is 6.38. The van der Waals surface area contributed by atoms with Gasteiger partial charge in [0.15, 0.2) is 0 Å². The van der Waals surface area contributed by atoms with Crippen molar-refractivity contribution in [2.24, 2.45) is 5.73 Å². The number of carbonyl (C=O) groups is 1. The zero-order valence-electron chi connectivity index (χ0n) is 10.8. The van der Waals surface area contributed by atoms with Gasteiger partial charge in [-0.3, -0.25) is 4.79 Å². The summed E-state index contributed by atoms with van der Waals surface area (Å²) in [6.45, 7) is 1.90. The number of benzene rings is 1. The Hall–Kier alpha value is -1.39. The third kappa shape index (κ3) is 4.85. The van der Waals surface area contributed by atoms with Crippen LogP contribution in [0.3, 0.4) is 0 Å². The molecular formula is C14H22N2O2. The average molecular weight is 250 g/mol. The number of hydrogen-bond acceptors (Lipinski definition) is 3. The molecule has 1 amide bonds. The molecule has 1 aromatic rings. The summed E-state index contributed by atoms with van der Waals surface area (Å²) in [5.41, 5.74) is 6.81. The highest BCUT2D eigenvalue weighted by Gasteiger charge is 2.17. The van der Waals surface area contributed by atoms with Crippen LogP contribution in [0.5, 0.6) is 0 Å². The summed E-state index contributed by atoms with van der Waals surface area (Å²) in [6.07, 6.45) is 2.15. The van der Waals surface area contributed by atoms with Crippen LogP contribution < -0.4 is 11.1 Å². The molecule has 0 aromatic heterocycles. The predicted molar refractivity (Wildman–Crippen MR) is 72.0 cm³/mol. The van der Waals surface area contributed by atoms with E-state index < -0.39 is 6.04 Å². The first-order valence-corrected chi connectivity index (χ1v) is 6.38. The van der Waals surface area contributed by atoms with E-state index in [0.717, 1.165) is 12.0 Å². The van der Waals surface area contributed by atoms with Gasteiger partial charge in [0.25, 0.3) is 0 Å². The van der Waals surface area contributed by atoms with Crippen molar-refractivity contribution in [1.82, 2.24) is 5.32 Å². The van der Waals surface area contributed by atoms with Crippen LogP contribution in [-0.2, 0) is 11.2 Å². The average Bonchev–Trinajstić information content (AvgIpc) is 2.39. The zero-order valence-corrected chi connectivity index (χ0v) is 10.8. The molecule has 100 valence electrons. The number of aliphatic hydroxyl groups excluding tert-OH is 1. The summed E-state index contributed by atoms with van der Waals surface area (Å²) >= 11 is 0. The van der Waals surface area contributed by atoms with Crippen molar-refractivity contribution >= 4 is 5.91 Å². The number of hydrogen-bond donors (Lipinski definition) is 3. The molecule has 1 aromatic carbocycles. The lowest BCUT2D eigenvalue weighted by atomic mass is 10.1. The Morgan fingerprint density at radius 3 is 2.61 bits per heavy atom. The second kappa shape index (κ2) is 7.84. The number of amides is 1. The molecule has 2 unspecified atom stereocenters. The van der Waals surface area contributed by atoms with Gasteiger partial charge in [0.05, 0.1) is 18.7 Å². The van der Waals surface area contributed by atoms with Gasteiger partial charge in [-0.1, -0.05) is 43.7 Å². The summed E-state index contributed by atoms with van der Waals surface area (Å²) < 4.78 is 0. The minimum atomic E-state index is -0.486. The second-order valence-electron chi connectivity index (χ2n) is 4.47. The summed E-state index contributed by atoms with van der Waals surface area (Å²) in [6, 6.07) is 9.00. The van der Waals surface area contributed by atoms with Crippen LogP contribution in [0.4, 0.5) is 0 Å². The highest BCUT2D eigenvalue weighted by atomic mass is 16.3. The van der Waals surface area contributed by atoms with E-state index in [9.17, 15) is 9.90 Å². The number of nitrogens with two attached hydrogens (primary N) is 1. The molecule has 1 rings (SSSR count). The quantitative estimate of drug-likeness (QED) is 0.671. The van der Waals surface area contributed by atoms with Crippen LogP contribution in [0.25, 0.3) is 0 Å². The minimum absolute atomic E-state index is 0.0838. The van der Waals surface area contributed by atoms with Crippen molar-refractivity contribution in [3.05, 3.63) is 35.9 Å². The molecule has 0 aliphatic carbocycles. The maximum atomic E-state index is 11.7. The fraction of sp³-hybridized carbons (Fsp3) is 0.500. The Labute approximate surface area is 108 Å². The van der Waals surface area contributed by atoms with Crippen molar-refractivity contribution < 1.29 is 9.90 Å². The summed E-state index contributed by atoms with van der Waals surface area (Å²) in [5.74, 6) is -0.188. The maximum absolute atomic E-state index is 11.7. The van der Waals surface area contributed by atoms with Crippen LogP contribution in [0.2, 0.25) is 0 Å². The Kier molecular flexibility index (Phi) is 6.39. The lowest BCUT2D eigenvalue weighted by Gasteiger charge is -2.19. The molecule has 4 nitrogen and oxygen atoms in total. The highest BCUT2D eigenvalue weighted by Crippen LogP contribution is 2.03. The van der Waals surface area contributed by atoms with E-state index in [1.807, 2.05) is 37.3 Å². The molecule has 0 aliphatic heterocycles. The normalized spacial score (nSPS) is 13.9. The predicted octanol–water partition coefficient (Wildman–Crippen LogP) is 0.834. The van der Waals surface area contributed by atoms with E-state index in [1.165, 1.54) is 0 Å². The molecule has 0 saturated heterocycles. The van der Waals surface area contributed by atoms with Crippen molar-refractivity contribution in [3.8, 4) is 0 Å². The van der Waals surface area contributed by atoms with E-state index >= 15 is 0 Å². The van der Waals surface area contributed by atoms with Gasteiger partial charge in [-0.15, -0.1) is 0 Å². The smallest absolute Gasteiger partial charge is 0.237 e. The minimum Gasteiger partial charge on any atom is -0.394 e. The van der Waals surface area contributed by atoms with Gasteiger partial charge in [0.2, 0.25) is 5.91 Å². The number of nitrogens with one attached hydrogen (secondary N) is 1. The van der Waals surface area contributed by atoms with Crippen LogP contribution >= 0.6 is 0 Å². The van der Waals surface area contributed by atoms with E-state index in [-0.39, 0.29) is 18.6 Å². The summed E-state index contributed by atoms with van der Waals surface area (Å²) in [5, 5.41) is 12.1.